The van der Waals surface area contributed by atoms with Crippen LogP contribution >= 0.6 is 0 Å². The summed E-state index contributed by atoms with van der Waals surface area (Å²) in [5, 5.41) is 2.75. The van der Waals surface area contributed by atoms with Gasteiger partial charge in [-0.1, -0.05) is 6.07 Å². The molecule has 1 aliphatic heterocycles. The molecule has 0 aromatic carbocycles. The van der Waals surface area contributed by atoms with Crippen LogP contribution in [0.5, 0.6) is 5.88 Å². The number of pyridine rings is 2. The number of carbonyl (C=O) groups excluding carboxylic acids is 2. The normalized spacial score (nSPS) is 16.4. The van der Waals surface area contributed by atoms with Crippen molar-refractivity contribution in [2.75, 3.05) is 13.7 Å². The molecule has 0 radical (unpaired) electrons. The number of methoxy groups -OCH3 is 1. The molecule has 1 fully saturated rings. The van der Waals surface area contributed by atoms with Crippen LogP contribution in [-0.4, -0.2) is 40.3 Å². The van der Waals surface area contributed by atoms with Gasteiger partial charge in [0.25, 0.3) is 5.91 Å². The highest BCUT2D eigenvalue weighted by Crippen LogP contribution is 2.32. The van der Waals surface area contributed by atoms with Gasteiger partial charge < -0.3 is 15.0 Å². The largest absolute Gasteiger partial charge is 0.481 e. The van der Waals surface area contributed by atoms with E-state index in [0.717, 1.165) is 24.2 Å². The van der Waals surface area contributed by atoms with E-state index in [1.807, 2.05) is 23.1 Å². The van der Waals surface area contributed by atoms with Gasteiger partial charge in [-0.3, -0.25) is 14.6 Å². The molecule has 0 aliphatic carbocycles. The van der Waals surface area contributed by atoms with Crippen molar-refractivity contribution in [3.8, 4) is 5.88 Å². The Morgan fingerprint density at radius 2 is 2.15 bits per heavy atom. The highest BCUT2D eigenvalue weighted by Gasteiger charge is 2.31. The molecule has 2 aromatic heterocycles. The Labute approximate surface area is 152 Å². The predicted molar refractivity (Wildman–Crippen MR) is 95.6 cm³/mol. The van der Waals surface area contributed by atoms with E-state index in [2.05, 4.69) is 15.3 Å². The third-order valence-electron chi connectivity index (χ3n) is 4.39. The Kier molecular flexibility index (Phi) is 5.46. The Balaban J connectivity index is 1.78. The van der Waals surface area contributed by atoms with E-state index in [9.17, 15) is 9.59 Å². The first-order valence-corrected chi connectivity index (χ1v) is 8.60. The lowest BCUT2D eigenvalue weighted by molar-refractivity contribution is -0.119. The number of aromatic nitrogens is 2. The first-order chi connectivity index (χ1) is 12.6. The van der Waals surface area contributed by atoms with Crippen molar-refractivity contribution in [1.82, 2.24) is 20.2 Å². The highest BCUT2D eigenvalue weighted by atomic mass is 16.5. The van der Waals surface area contributed by atoms with Crippen molar-refractivity contribution in [3.05, 3.63) is 53.5 Å². The smallest absolute Gasteiger partial charge is 0.255 e. The minimum atomic E-state index is -0.0955. The third-order valence-corrected chi connectivity index (χ3v) is 4.39. The maximum Gasteiger partial charge on any atom is 0.255 e. The van der Waals surface area contributed by atoms with Gasteiger partial charge in [0, 0.05) is 25.7 Å². The molecule has 7 nitrogen and oxygen atoms in total. The number of ether oxygens (including phenoxy) is 1. The summed E-state index contributed by atoms with van der Waals surface area (Å²) in [7, 11) is 1.54. The summed E-state index contributed by atoms with van der Waals surface area (Å²) in [6.07, 6.45) is 3.33. The summed E-state index contributed by atoms with van der Waals surface area (Å²) in [5.41, 5.74) is 2.16. The first kappa shape index (κ1) is 17.8. The van der Waals surface area contributed by atoms with Gasteiger partial charge in [-0.05, 0) is 31.0 Å². The molecular weight excluding hydrogens is 332 g/mol. The molecule has 3 heterocycles. The zero-order valence-corrected chi connectivity index (χ0v) is 14.9. The molecule has 0 unspecified atom stereocenters. The molecule has 7 heteroatoms. The molecule has 2 aromatic rings. The summed E-state index contributed by atoms with van der Waals surface area (Å²) in [6, 6.07) is 9.06. The van der Waals surface area contributed by atoms with Crippen LogP contribution in [0.25, 0.3) is 0 Å². The van der Waals surface area contributed by atoms with Crippen LogP contribution in [-0.2, 0) is 11.3 Å². The summed E-state index contributed by atoms with van der Waals surface area (Å²) in [6.45, 7) is 2.55. The lowest BCUT2D eigenvalue weighted by Gasteiger charge is -2.24. The molecule has 2 amide bonds. The molecule has 0 saturated carbocycles. The average molecular weight is 354 g/mol. The zero-order chi connectivity index (χ0) is 18.5. The molecule has 1 saturated heterocycles. The first-order valence-electron chi connectivity index (χ1n) is 8.60. The summed E-state index contributed by atoms with van der Waals surface area (Å²) in [5.74, 6) is 0.324. The Hall–Kier alpha value is -2.96. The molecule has 136 valence electrons. The Morgan fingerprint density at radius 3 is 2.85 bits per heavy atom. The predicted octanol–water partition coefficient (Wildman–Crippen LogP) is 2.10. The topological polar surface area (TPSA) is 84.4 Å². The summed E-state index contributed by atoms with van der Waals surface area (Å²) >= 11 is 0. The van der Waals surface area contributed by atoms with Gasteiger partial charge >= 0.3 is 0 Å². The second-order valence-electron chi connectivity index (χ2n) is 6.21. The van der Waals surface area contributed by atoms with Crippen LogP contribution in [0.1, 0.15) is 47.6 Å². The number of nitrogens with zero attached hydrogens (tertiary/aromatic N) is 3. The van der Waals surface area contributed by atoms with Gasteiger partial charge in [0.15, 0.2) is 0 Å². The SMILES string of the molecule is COc1ccc(C(=O)N2CCC[C@H]2c2cccc(CNC(C)=O)n2)cn1. The van der Waals surface area contributed by atoms with E-state index in [1.54, 1.807) is 19.2 Å². The van der Waals surface area contributed by atoms with E-state index in [1.165, 1.54) is 13.1 Å². The van der Waals surface area contributed by atoms with Crippen LogP contribution in [0, 0.1) is 0 Å². The van der Waals surface area contributed by atoms with Crippen LogP contribution in [0.3, 0.4) is 0 Å². The number of likely N-dealkylation sites (tertiary alicyclic amines) is 1. The quantitative estimate of drug-likeness (QED) is 0.889. The zero-order valence-electron chi connectivity index (χ0n) is 14.9. The van der Waals surface area contributed by atoms with Crippen molar-refractivity contribution in [1.29, 1.82) is 0 Å². The monoisotopic (exact) mass is 354 g/mol. The molecule has 3 rings (SSSR count). The number of carbonyl (C=O) groups is 2. The van der Waals surface area contributed by atoms with Crippen molar-refractivity contribution < 1.29 is 14.3 Å². The Bertz CT molecular complexity index is 792. The van der Waals surface area contributed by atoms with E-state index >= 15 is 0 Å². The van der Waals surface area contributed by atoms with Crippen LogP contribution in [0.2, 0.25) is 0 Å². The third kappa shape index (κ3) is 3.99. The Morgan fingerprint density at radius 1 is 1.31 bits per heavy atom. The number of amides is 2. The number of rotatable bonds is 5. The van der Waals surface area contributed by atoms with Crippen molar-refractivity contribution in [2.24, 2.45) is 0 Å². The minimum absolute atomic E-state index is 0.0586. The number of nitrogens with one attached hydrogen (secondary N) is 1. The standard InChI is InChI=1S/C19H22N4O3/c1-13(24)20-12-15-5-3-6-16(22-15)17-7-4-10-23(17)19(25)14-8-9-18(26-2)21-11-14/h3,5-6,8-9,11,17H,4,7,10,12H2,1-2H3,(H,20,24)/t17-/m0/s1. The van der Waals surface area contributed by atoms with Crippen LogP contribution in [0.4, 0.5) is 0 Å². The van der Waals surface area contributed by atoms with E-state index in [-0.39, 0.29) is 17.9 Å². The fourth-order valence-corrected chi connectivity index (χ4v) is 3.11. The van der Waals surface area contributed by atoms with Crippen LogP contribution in [0.15, 0.2) is 36.5 Å². The van der Waals surface area contributed by atoms with Crippen molar-refractivity contribution >= 4 is 11.8 Å². The molecular formula is C19H22N4O3. The number of hydrogen-bond donors (Lipinski definition) is 1. The maximum atomic E-state index is 12.9. The van der Waals surface area contributed by atoms with Gasteiger partial charge in [0.1, 0.15) is 0 Å². The van der Waals surface area contributed by atoms with E-state index in [4.69, 9.17) is 4.74 Å². The molecule has 0 spiro atoms. The lowest BCUT2D eigenvalue weighted by atomic mass is 10.1. The molecule has 1 N–H and O–H groups in total. The molecule has 1 atom stereocenters. The molecule has 0 bridgehead atoms. The minimum Gasteiger partial charge on any atom is -0.481 e. The van der Waals surface area contributed by atoms with Crippen molar-refractivity contribution in [2.45, 2.75) is 32.4 Å². The van der Waals surface area contributed by atoms with Gasteiger partial charge in [0.05, 0.1) is 36.6 Å². The van der Waals surface area contributed by atoms with Gasteiger partial charge in [-0.2, -0.15) is 0 Å². The van der Waals surface area contributed by atoms with Gasteiger partial charge in [0.2, 0.25) is 11.8 Å². The fraction of sp³-hybridized carbons (Fsp3) is 0.368. The van der Waals surface area contributed by atoms with Crippen LogP contribution < -0.4 is 10.1 Å². The van der Waals surface area contributed by atoms with E-state index < -0.39 is 0 Å². The summed E-state index contributed by atoms with van der Waals surface area (Å²) < 4.78 is 5.04. The average Bonchev–Trinajstić information content (AvgIpc) is 3.16. The van der Waals surface area contributed by atoms with Gasteiger partial charge in [-0.25, -0.2) is 4.98 Å². The maximum absolute atomic E-state index is 12.9. The molecule has 1 aliphatic rings. The van der Waals surface area contributed by atoms with E-state index in [0.29, 0.717) is 24.5 Å². The van der Waals surface area contributed by atoms with Crippen molar-refractivity contribution in [3.63, 3.8) is 0 Å². The molecule has 26 heavy (non-hydrogen) atoms. The lowest BCUT2D eigenvalue weighted by Crippen LogP contribution is -2.31. The number of hydrogen-bond acceptors (Lipinski definition) is 5. The highest BCUT2D eigenvalue weighted by molar-refractivity contribution is 5.94. The summed E-state index contributed by atoms with van der Waals surface area (Å²) in [4.78, 5) is 34.6. The second kappa shape index (κ2) is 7.95. The fourth-order valence-electron chi connectivity index (χ4n) is 3.11. The second-order valence-corrected chi connectivity index (χ2v) is 6.21. The van der Waals surface area contributed by atoms with Gasteiger partial charge in [-0.15, -0.1) is 0 Å².